The van der Waals surface area contributed by atoms with Crippen LogP contribution in [0, 0.1) is 0 Å². The lowest BCUT2D eigenvalue weighted by Crippen LogP contribution is -2.38. The Morgan fingerprint density at radius 2 is 1.53 bits per heavy atom. The molecule has 2 aromatic heterocycles. The number of hydrogen-bond donors (Lipinski definition) is 1. The molecule has 32 heavy (non-hydrogen) atoms. The van der Waals surface area contributed by atoms with Gasteiger partial charge in [-0.1, -0.05) is 18.2 Å². The largest absolute Gasteiger partial charge is 0.465 e. The zero-order chi connectivity index (χ0) is 21.9. The molecule has 0 spiro atoms. The van der Waals surface area contributed by atoms with E-state index < -0.39 is 6.09 Å². The summed E-state index contributed by atoms with van der Waals surface area (Å²) in [5.74, 6) is 2.59. The number of amides is 1. The maximum Gasteiger partial charge on any atom is 0.407 e. The van der Waals surface area contributed by atoms with E-state index in [4.69, 9.17) is 9.47 Å². The van der Waals surface area contributed by atoms with Crippen LogP contribution in [0.3, 0.4) is 0 Å². The van der Waals surface area contributed by atoms with E-state index in [-0.39, 0.29) is 6.04 Å². The summed E-state index contributed by atoms with van der Waals surface area (Å²) in [7, 11) is 0. The number of carboxylic acid groups (broad SMARTS) is 1. The zero-order valence-electron chi connectivity index (χ0n) is 17.3. The molecule has 1 fully saturated rings. The first-order valence-electron chi connectivity index (χ1n) is 10.5. The van der Waals surface area contributed by atoms with Gasteiger partial charge in [0.15, 0.2) is 0 Å². The minimum atomic E-state index is -0.868. The van der Waals surface area contributed by atoms with Crippen LogP contribution in [0.15, 0.2) is 73.2 Å². The highest BCUT2D eigenvalue weighted by molar-refractivity contribution is 5.81. The minimum absolute atomic E-state index is 0.165. The van der Waals surface area contributed by atoms with Crippen LogP contribution >= 0.6 is 0 Å². The molecule has 4 aromatic rings. The molecule has 1 amide bonds. The summed E-state index contributed by atoms with van der Waals surface area (Å²) in [6.45, 7) is 1.01. The van der Waals surface area contributed by atoms with E-state index in [9.17, 15) is 9.90 Å². The van der Waals surface area contributed by atoms with Gasteiger partial charge in [0, 0.05) is 25.3 Å². The van der Waals surface area contributed by atoms with Crippen LogP contribution in [0.5, 0.6) is 23.1 Å². The molecule has 1 saturated heterocycles. The predicted octanol–water partition coefficient (Wildman–Crippen LogP) is 5.33. The second kappa shape index (κ2) is 8.58. The van der Waals surface area contributed by atoms with E-state index in [1.54, 1.807) is 0 Å². The maximum atomic E-state index is 11.2. The van der Waals surface area contributed by atoms with Gasteiger partial charge in [0.05, 0.1) is 5.52 Å². The summed E-state index contributed by atoms with van der Waals surface area (Å²) in [6, 6.07) is 19.1. The normalized spacial score (nSPS) is 14.4. The monoisotopic (exact) mass is 430 g/mol. The highest BCUT2D eigenvalue weighted by atomic mass is 16.5. The number of ether oxygens (including phenoxy) is 2. The second-order valence-electron chi connectivity index (χ2n) is 7.63. The highest BCUT2D eigenvalue weighted by Gasteiger charge is 2.25. The smallest absolute Gasteiger partial charge is 0.407 e. The molecule has 0 saturated carbocycles. The Hall–Kier alpha value is -4.07. The SMILES string of the molecule is O=C(O)N1CCC(n2ccc3ncnc(Oc4ccc(Oc5ccccc5)cc4)c32)CC1. The van der Waals surface area contributed by atoms with Gasteiger partial charge >= 0.3 is 6.09 Å². The molecule has 0 bridgehead atoms. The van der Waals surface area contributed by atoms with E-state index in [1.165, 1.54) is 11.2 Å². The number of rotatable bonds is 5. The Labute approximate surface area is 184 Å². The number of likely N-dealkylation sites (tertiary alicyclic amines) is 1. The van der Waals surface area contributed by atoms with Crippen molar-refractivity contribution in [2.75, 3.05) is 13.1 Å². The molecular weight excluding hydrogens is 408 g/mol. The summed E-state index contributed by atoms with van der Waals surface area (Å²) >= 11 is 0. The number of para-hydroxylation sites is 1. The molecule has 2 aromatic carbocycles. The number of aromatic nitrogens is 3. The molecule has 0 radical (unpaired) electrons. The van der Waals surface area contributed by atoms with Gasteiger partial charge < -0.3 is 24.0 Å². The fraction of sp³-hybridized carbons (Fsp3) is 0.208. The van der Waals surface area contributed by atoms with Crippen LogP contribution in [0.2, 0.25) is 0 Å². The van der Waals surface area contributed by atoms with Crippen molar-refractivity contribution in [2.24, 2.45) is 0 Å². The van der Waals surface area contributed by atoms with Gasteiger partial charge in [-0.05, 0) is 55.3 Å². The van der Waals surface area contributed by atoms with Crippen molar-refractivity contribution >= 4 is 17.1 Å². The summed E-state index contributed by atoms with van der Waals surface area (Å²) in [5.41, 5.74) is 1.60. The Bertz CT molecular complexity index is 1220. The molecule has 0 atom stereocenters. The van der Waals surface area contributed by atoms with E-state index in [0.717, 1.165) is 29.6 Å². The van der Waals surface area contributed by atoms with Crippen LogP contribution in [0.25, 0.3) is 11.0 Å². The summed E-state index contributed by atoms with van der Waals surface area (Å²) in [5, 5.41) is 9.21. The Kier molecular flexibility index (Phi) is 5.33. The first kappa shape index (κ1) is 19.9. The van der Waals surface area contributed by atoms with Gasteiger partial charge in [0.25, 0.3) is 0 Å². The van der Waals surface area contributed by atoms with Crippen molar-refractivity contribution in [3.8, 4) is 23.1 Å². The molecule has 8 nitrogen and oxygen atoms in total. The third kappa shape index (κ3) is 4.07. The minimum Gasteiger partial charge on any atom is -0.465 e. The van der Waals surface area contributed by atoms with Crippen LogP contribution in [0.4, 0.5) is 4.79 Å². The fourth-order valence-corrected chi connectivity index (χ4v) is 3.99. The first-order chi connectivity index (χ1) is 15.7. The van der Waals surface area contributed by atoms with E-state index in [0.29, 0.717) is 30.5 Å². The van der Waals surface area contributed by atoms with Crippen molar-refractivity contribution in [1.82, 2.24) is 19.4 Å². The molecule has 162 valence electrons. The number of benzene rings is 2. The van der Waals surface area contributed by atoms with Gasteiger partial charge in [-0.3, -0.25) is 0 Å². The lowest BCUT2D eigenvalue weighted by atomic mass is 10.1. The molecule has 0 unspecified atom stereocenters. The third-order valence-electron chi connectivity index (χ3n) is 5.61. The average Bonchev–Trinajstić information content (AvgIpc) is 3.26. The fourth-order valence-electron chi connectivity index (χ4n) is 3.99. The van der Waals surface area contributed by atoms with Crippen molar-refractivity contribution in [3.63, 3.8) is 0 Å². The van der Waals surface area contributed by atoms with Crippen molar-refractivity contribution in [3.05, 3.63) is 73.2 Å². The van der Waals surface area contributed by atoms with Crippen LogP contribution in [0.1, 0.15) is 18.9 Å². The van der Waals surface area contributed by atoms with Gasteiger partial charge in [-0.15, -0.1) is 0 Å². The maximum absolute atomic E-state index is 11.2. The molecule has 1 N–H and O–H groups in total. The summed E-state index contributed by atoms with van der Waals surface area (Å²) < 4.78 is 14.1. The van der Waals surface area contributed by atoms with Crippen molar-refractivity contribution in [2.45, 2.75) is 18.9 Å². The lowest BCUT2D eigenvalue weighted by Gasteiger charge is -2.31. The summed E-state index contributed by atoms with van der Waals surface area (Å²) in [6.07, 6.45) is 4.06. The van der Waals surface area contributed by atoms with E-state index in [2.05, 4.69) is 14.5 Å². The molecular formula is C24H22N4O4. The number of piperidine rings is 1. The average molecular weight is 430 g/mol. The van der Waals surface area contributed by atoms with Gasteiger partial charge in [0.2, 0.25) is 5.88 Å². The number of nitrogens with zero attached hydrogens (tertiary/aromatic N) is 4. The lowest BCUT2D eigenvalue weighted by molar-refractivity contribution is 0.126. The van der Waals surface area contributed by atoms with Gasteiger partial charge in [-0.2, -0.15) is 4.98 Å². The quantitative estimate of drug-likeness (QED) is 0.460. The topological polar surface area (TPSA) is 89.7 Å². The first-order valence-corrected chi connectivity index (χ1v) is 10.5. The predicted molar refractivity (Wildman–Crippen MR) is 118 cm³/mol. The number of hydrogen-bond acceptors (Lipinski definition) is 5. The molecule has 3 heterocycles. The zero-order valence-corrected chi connectivity index (χ0v) is 17.3. The summed E-state index contributed by atoms with van der Waals surface area (Å²) in [4.78, 5) is 21.4. The van der Waals surface area contributed by atoms with Crippen LogP contribution in [-0.2, 0) is 0 Å². The van der Waals surface area contributed by atoms with E-state index >= 15 is 0 Å². The van der Waals surface area contributed by atoms with Gasteiger partial charge in [-0.25, -0.2) is 9.78 Å². The molecule has 1 aliphatic rings. The van der Waals surface area contributed by atoms with Crippen LogP contribution in [-0.4, -0.2) is 43.7 Å². The Morgan fingerprint density at radius 3 is 2.22 bits per heavy atom. The van der Waals surface area contributed by atoms with Gasteiger partial charge in [0.1, 0.15) is 29.1 Å². The Morgan fingerprint density at radius 1 is 0.875 bits per heavy atom. The number of carbonyl (C=O) groups is 1. The highest BCUT2D eigenvalue weighted by Crippen LogP contribution is 2.33. The standard InChI is InChI=1S/C24H22N4O4/c29-24(30)27-13-10-17(11-14-27)28-15-12-21-22(28)23(26-16-25-21)32-20-8-6-19(7-9-20)31-18-4-2-1-3-5-18/h1-9,12,15-17H,10-11,13-14H2,(H,29,30). The molecule has 5 rings (SSSR count). The molecule has 0 aliphatic carbocycles. The Balaban J connectivity index is 1.36. The van der Waals surface area contributed by atoms with Crippen molar-refractivity contribution in [1.29, 1.82) is 0 Å². The third-order valence-corrected chi connectivity index (χ3v) is 5.61. The second-order valence-corrected chi connectivity index (χ2v) is 7.63. The van der Waals surface area contributed by atoms with Crippen molar-refractivity contribution < 1.29 is 19.4 Å². The number of fused-ring (bicyclic) bond motifs is 1. The van der Waals surface area contributed by atoms with E-state index in [1.807, 2.05) is 66.9 Å². The molecule has 8 heteroatoms. The molecule has 1 aliphatic heterocycles. The van der Waals surface area contributed by atoms with Crippen LogP contribution < -0.4 is 9.47 Å².